The Kier molecular flexibility index (Phi) is 6.18. The number of phenolic OH excluding ortho intramolecular Hbond substituents is 1. The summed E-state index contributed by atoms with van der Waals surface area (Å²) in [6, 6.07) is 16.3. The molecule has 1 aromatic heterocycles. The fraction of sp³-hybridized carbons (Fsp3) is 0.217. The lowest BCUT2D eigenvalue weighted by Gasteiger charge is -2.23. The Morgan fingerprint density at radius 3 is 2.87 bits per heavy atom. The lowest BCUT2D eigenvalue weighted by molar-refractivity contribution is -0.929. The number of halogens is 1. The number of phenols is 1. The molecule has 0 aliphatic carbocycles. The Morgan fingerprint density at radius 1 is 1.33 bits per heavy atom. The fourth-order valence-corrected chi connectivity index (χ4v) is 5.41. The number of hydrogen-bond acceptors (Lipinski definition) is 5. The van der Waals surface area contributed by atoms with Crippen molar-refractivity contribution in [3.05, 3.63) is 74.1 Å². The van der Waals surface area contributed by atoms with Gasteiger partial charge in [0.1, 0.15) is 24.2 Å². The number of aromatic hydroxyl groups is 1. The minimum atomic E-state index is 0.0303. The first kappa shape index (κ1) is 20.6. The van der Waals surface area contributed by atoms with Gasteiger partial charge in [0.05, 0.1) is 24.1 Å². The highest BCUT2D eigenvalue weighted by atomic mass is 79.9. The predicted octanol–water partition coefficient (Wildman–Crippen LogP) is 3.99. The summed E-state index contributed by atoms with van der Waals surface area (Å²) in [6.45, 7) is 2.87. The number of thiophene rings is 1. The van der Waals surface area contributed by atoms with E-state index in [1.807, 2.05) is 6.07 Å². The average molecular weight is 483 g/mol. The van der Waals surface area contributed by atoms with E-state index < -0.39 is 0 Å². The molecule has 152 valence electrons. The van der Waals surface area contributed by atoms with Gasteiger partial charge >= 0.3 is 0 Å². The van der Waals surface area contributed by atoms with Crippen LogP contribution in [0.15, 0.2) is 51.9 Å². The van der Waals surface area contributed by atoms with Crippen molar-refractivity contribution in [2.24, 2.45) is 4.99 Å². The molecule has 3 aromatic rings. The highest BCUT2D eigenvalue weighted by molar-refractivity contribution is 9.10. The van der Waals surface area contributed by atoms with Crippen molar-refractivity contribution < 1.29 is 14.7 Å². The minimum absolute atomic E-state index is 0.0303. The Bertz CT molecular complexity index is 1140. The second-order valence-corrected chi connectivity index (χ2v) is 9.19. The van der Waals surface area contributed by atoms with Gasteiger partial charge in [-0.1, -0.05) is 46.3 Å². The van der Waals surface area contributed by atoms with E-state index in [1.165, 1.54) is 22.5 Å². The second kappa shape index (κ2) is 9.00. The Labute approximate surface area is 188 Å². The molecule has 1 unspecified atom stereocenters. The van der Waals surface area contributed by atoms with Crippen molar-refractivity contribution in [2.75, 3.05) is 13.7 Å². The highest BCUT2D eigenvalue weighted by Crippen LogP contribution is 2.37. The molecule has 1 atom stereocenters. The van der Waals surface area contributed by atoms with Gasteiger partial charge in [0, 0.05) is 28.2 Å². The van der Waals surface area contributed by atoms with E-state index in [1.54, 1.807) is 29.7 Å². The summed E-state index contributed by atoms with van der Waals surface area (Å²) in [4.78, 5) is 7.28. The third-order valence-corrected chi connectivity index (χ3v) is 6.83. The largest absolute Gasteiger partial charge is 0.504 e. The molecule has 0 fully saturated rings. The van der Waals surface area contributed by atoms with Gasteiger partial charge < -0.3 is 14.7 Å². The number of fused-ring (bicyclic) bond motifs is 1. The number of hydrogen-bond donors (Lipinski definition) is 2. The van der Waals surface area contributed by atoms with Crippen LogP contribution in [0.1, 0.15) is 27.1 Å². The van der Waals surface area contributed by atoms with E-state index in [9.17, 15) is 10.4 Å². The monoisotopic (exact) mass is 482 g/mol. The summed E-state index contributed by atoms with van der Waals surface area (Å²) >= 11 is 4.99. The van der Waals surface area contributed by atoms with E-state index in [4.69, 9.17) is 4.74 Å². The van der Waals surface area contributed by atoms with Gasteiger partial charge in [-0.25, -0.2) is 4.99 Å². The molecule has 0 radical (unpaired) electrons. The molecule has 2 aromatic carbocycles. The normalized spacial score (nSPS) is 15.7. The Balaban J connectivity index is 1.59. The zero-order valence-electron chi connectivity index (χ0n) is 16.5. The van der Waals surface area contributed by atoms with Crippen LogP contribution in [0.25, 0.3) is 0 Å². The molecule has 4 rings (SSSR count). The van der Waals surface area contributed by atoms with Gasteiger partial charge in [0.15, 0.2) is 11.5 Å². The number of methoxy groups -OCH3 is 1. The fourth-order valence-electron chi connectivity index (χ4n) is 3.74. The molecule has 30 heavy (non-hydrogen) atoms. The molecule has 2 heterocycles. The van der Waals surface area contributed by atoms with Crippen LogP contribution in [0.2, 0.25) is 0 Å². The molecule has 1 aliphatic rings. The molecule has 2 N–H and O–H groups in total. The summed E-state index contributed by atoms with van der Waals surface area (Å²) in [5, 5.41) is 20.8. The first-order chi connectivity index (χ1) is 14.6. The van der Waals surface area contributed by atoms with Gasteiger partial charge in [-0.3, -0.25) is 0 Å². The maximum absolute atomic E-state index is 10.4. The summed E-state index contributed by atoms with van der Waals surface area (Å²) in [5.74, 6) is 0.403. The van der Waals surface area contributed by atoms with Gasteiger partial charge in [-0.05, 0) is 17.7 Å². The van der Waals surface area contributed by atoms with E-state index >= 15 is 0 Å². The van der Waals surface area contributed by atoms with Gasteiger partial charge in [-0.15, -0.1) is 11.3 Å². The molecule has 0 spiro atoms. The SMILES string of the molecule is COc1cc(Br)cc(/C=N/c2sc3c(c2C#N)CC[NH+](Cc2ccccc2)C3)c1O. The van der Waals surface area contributed by atoms with Crippen LogP contribution < -0.4 is 9.64 Å². The summed E-state index contributed by atoms with van der Waals surface area (Å²) < 4.78 is 5.98. The number of quaternary nitrogens is 1. The maximum atomic E-state index is 10.4. The first-order valence-corrected chi connectivity index (χ1v) is 11.2. The van der Waals surface area contributed by atoms with Crippen molar-refractivity contribution in [3.8, 4) is 17.6 Å². The van der Waals surface area contributed by atoms with Gasteiger partial charge in [-0.2, -0.15) is 5.26 Å². The zero-order valence-corrected chi connectivity index (χ0v) is 18.9. The Hall–Kier alpha value is -2.66. The first-order valence-electron chi connectivity index (χ1n) is 9.61. The molecule has 1 aliphatic heterocycles. The van der Waals surface area contributed by atoms with Crippen molar-refractivity contribution in [1.29, 1.82) is 5.26 Å². The summed E-state index contributed by atoms with van der Waals surface area (Å²) in [5.41, 5.74) is 3.65. The van der Waals surface area contributed by atoms with Crippen molar-refractivity contribution >= 4 is 38.5 Å². The molecule has 0 saturated heterocycles. The molecule has 0 amide bonds. The van der Waals surface area contributed by atoms with Gasteiger partial charge in [0.2, 0.25) is 0 Å². The maximum Gasteiger partial charge on any atom is 0.166 e. The number of ether oxygens (including phenoxy) is 1. The van der Waals surface area contributed by atoms with Crippen LogP contribution in [-0.4, -0.2) is 25.0 Å². The second-order valence-electron chi connectivity index (χ2n) is 7.19. The van der Waals surface area contributed by atoms with Crippen LogP contribution in [0.5, 0.6) is 11.5 Å². The molecule has 5 nitrogen and oxygen atoms in total. The molecular formula is C23H21BrN3O2S+. The van der Waals surface area contributed by atoms with Crippen molar-refractivity contribution in [1.82, 2.24) is 0 Å². The number of nitrogens with zero attached hydrogens (tertiary/aromatic N) is 2. The van der Waals surface area contributed by atoms with E-state index in [0.29, 0.717) is 21.9 Å². The summed E-state index contributed by atoms with van der Waals surface area (Å²) in [7, 11) is 1.51. The van der Waals surface area contributed by atoms with E-state index in [2.05, 4.69) is 51.3 Å². The molecular weight excluding hydrogens is 462 g/mol. The van der Waals surface area contributed by atoms with Crippen molar-refractivity contribution in [2.45, 2.75) is 19.5 Å². The van der Waals surface area contributed by atoms with Crippen LogP contribution in [0, 0.1) is 11.3 Å². The van der Waals surface area contributed by atoms with E-state index in [-0.39, 0.29) is 5.75 Å². The number of nitrogens with one attached hydrogen (secondary N) is 1. The van der Waals surface area contributed by atoms with Crippen LogP contribution in [0.4, 0.5) is 5.00 Å². The minimum Gasteiger partial charge on any atom is -0.504 e. The topological polar surface area (TPSA) is 70.0 Å². The standard InChI is InChI=1S/C23H20BrN3O2S/c1-29-20-10-17(24)9-16(22(20)28)12-26-23-19(11-25)18-7-8-27(14-21(18)30-23)13-15-5-3-2-4-6-15/h2-6,9-10,12,28H,7-8,13-14H2,1H3/p+1/b26-12+. The number of benzene rings is 2. The summed E-state index contributed by atoms with van der Waals surface area (Å²) in [6.07, 6.45) is 2.47. The quantitative estimate of drug-likeness (QED) is 0.540. The predicted molar refractivity (Wildman–Crippen MR) is 122 cm³/mol. The molecule has 7 heteroatoms. The smallest absolute Gasteiger partial charge is 0.166 e. The molecule has 0 saturated carbocycles. The zero-order chi connectivity index (χ0) is 21.1. The molecule has 0 bridgehead atoms. The van der Waals surface area contributed by atoms with Crippen LogP contribution >= 0.6 is 27.3 Å². The van der Waals surface area contributed by atoms with Crippen LogP contribution in [-0.2, 0) is 19.5 Å². The van der Waals surface area contributed by atoms with Crippen molar-refractivity contribution in [3.63, 3.8) is 0 Å². The highest BCUT2D eigenvalue weighted by Gasteiger charge is 2.27. The number of aliphatic imine (C=N–C) groups is 1. The number of rotatable bonds is 5. The lowest BCUT2D eigenvalue weighted by Crippen LogP contribution is -3.10. The Morgan fingerprint density at radius 2 is 2.13 bits per heavy atom. The third-order valence-electron chi connectivity index (χ3n) is 5.23. The van der Waals surface area contributed by atoms with Crippen LogP contribution in [0.3, 0.4) is 0 Å². The average Bonchev–Trinajstić information content (AvgIpc) is 3.11. The van der Waals surface area contributed by atoms with Gasteiger partial charge in [0.25, 0.3) is 0 Å². The lowest BCUT2D eigenvalue weighted by atomic mass is 10.0. The number of nitriles is 1. The van der Waals surface area contributed by atoms with E-state index in [0.717, 1.165) is 36.1 Å². The third kappa shape index (κ3) is 4.26.